The summed E-state index contributed by atoms with van der Waals surface area (Å²) in [4.78, 5) is 6.84. The van der Waals surface area contributed by atoms with Gasteiger partial charge in [-0.15, -0.1) is 4.98 Å². The lowest BCUT2D eigenvalue weighted by atomic mass is 10.1. The Morgan fingerprint density at radius 3 is 2.87 bits per heavy atom. The quantitative estimate of drug-likeness (QED) is 0.486. The first-order chi connectivity index (χ1) is 14.7. The molecule has 7 nitrogen and oxygen atoms in total. The van der Waals surface area contributed by atoms with E-state index >= 15 is 0 Å². The van der Waals surface area contributed by atoms with Crippen LogP contribution in [0.25, 0.3) is 16.8 Å². The summed E-state index contributed by atoms with van der Waals surface area (Å²) in [5, 5.41) is 10.8. The van der Waals surface area contributed by atoms with Crippen LogP contribution in [-0.4, -0.2) is 40.8 Å². The van der Waals surface area contributed by atoms with Crippen LogP contribution in [0.1, 0.15) is 16.7 Å². The number of rotatable bonds is 6. The molecule has 0 atom stereocenters. The van der Waals surface area contributed by atoms with Crippen LogP contribution >= 0.6 is 0 Å². The minimum absolute atomic E-state index is 0.641. The zero-order chi connectivity index (χ0) is 20.5. The number of benzene rings is 2. The topological polar surface area (TPSA) is 70.2 Å². The lowest BCUT2D eigenvalue weighted by Gasteiger charge is -2.10. The molecule has 7 heteroatoms. The Morgan fingerprint density at radius 1 is 1.17 bits per heavy atom. The molecule has 2 aromatic heterocycles. The van der Waals surface area contributed by atoms with Gasteiger partial charge in [-0.1, -0.05) is 42.5 Å². The summed E-state index contributed by atoms with van der Waals surface area (Å²) < 4.78 is 7.76. The number of nitrogens with zero attached hydrogens (tertiary/aromatic N) is 4. The summed E-state index contributed by atoms with van der Waals surface area (Å²) in [7, 11) is 4.15. The number of ether oxygens (including phenoxy) is 1. The van der Waals surface area contributed by atoms with Crippen molar-refractivity contribution in [3.8, 4) is 16.9 Å². The Bertz CT molecular complexity index is 1180. The fraction of sp³-hybridized carbons (Fsp3) is 0.261. The van der Waals surface area contributed by atoms with Crippen LogP contribution in [0.3, 0.4) is 0 Å². The van der Waals surface area contributed by atoms with Crippen molar-refractivity contribution in [1.29, 1.82) is 0 Å². The van der Waals surface area contributed by atoms with E-state index in [0.29, 0.717) is 6.54 Å². The van der Waals surface area contributed by atoms with Crippen molar-refractivity contribution >= 4 is 11.6 Å². The number of anilines is 1. The number of H-pyrrole nitrogens is 1. The molecule has 0 saturated carbocycles. The Balaban J connectivity index is 1.41. The molecule has 0 saturated heterocycles. The van der Waals surface area contributed by atoms with Crippen LogP contribution in [0, 0.1) is 0 Å². The number of hydrogen-bond donors (Lipinski definition) is 2. The Kier molecular flexibility index (Phi) is 4.80. The van der Waals surface area contributed by atoms with Gasteiger partial charge in [-0.25, -0.2) is 0 Å². The van der Waals surface area contributed by atoms with E-state index in [0.717, 1.165) is 53.6 Å². The second kappa shape index (κ2) is 7.76. The van der Waals surface area contributed by atoms with Crippen molar-refractivity contribution in [3.63, 3.8) is 0 Å². The first-order valence-corrected chi connectivity index (χ1v) is 10.1. The number of para-hydroxylation sites is 1. The normalized spacial score (nSPS) is 12.9. The first kappa shape index (κ1) is 18.6. The third kappa shape index (κ3) is 3.48. The molecule has 5 rings (SSSR count). The SMILES string of the molecule is CN(C)Cc1ccc(-c2cnc(NCc3cccc4c3OCC4)[n+]3cn[nH]c23)cc1. The third-order valence-corrected chi connectivity index (χ3v) is 5.38. The monoisotopic (exact) mass is 401 g/mol. The second-order valence-corrected chi connectivity index (χ2v) is 7.86. The van der Waals surface area contributed by atoms with Crippen LogP contribution in [0.15, 0.2) is 55.0 Å². The minimum atomic E-state index is 0.641. The van der Waals surface area contributed by atoms with E-state index in [2.05, 4.69) is 82.0 Å². The van der Waals surface area contributed by atoms with E-state index in [4.69, 9.17) is 4.74 Å². The summed E-state index contributed by atoms with van der Waals surface area (Å²) in [6.07, 6.45) is 4.62. The standard InChI is InChI=1S/C23H24N6O/c1-28(2)14-16-6-8-17(9-7-16)20-13-25-23(29-15-26-27-22(20)29)24-12-19-5-3-4-18-10-11-30-21(18)19/h3-9,13,15H,10-12,14H2,1-2H3,(H,24,25,27)/p+1. The maximum Gasteiger partial charge on any atom is 0.325 e. The van der Waals surface area contributed by atoms with Crippen LogP contribution in [0.2, 0.25) is 0 Å². The van der Waals surface area contributed by atoms with Crippen molar-refractivity contribution in [2.45, 2.75) is 19.5 Å². The van der Waals surface area contributed by atoms with Crippen molar-refractivity contribution in [1.82, 2.24) is 20.1 Å². The molecule has 0 aliphatic carbocycles. The predicted octanol–water partition coefficient (Wildman–Crippen LogP) is 2.82. The molecule has 3 heterocycles. The molecule has 4 aromatic rings. The van der Waals surface area contributed by atoms with Gasteiger partial charge in [-0.2, -0.15) is 9.50 Å². The van der Waals surface area contributed by atoms with E-state index in [9.17, 15) is 0 Å². The molecular weight excluding hydrogens is 376 g/mol. The van der Waals surface area contributed by atoms with Crippen LogP contribution < -0.4 is 14.5 Å². The van der Waals surface area contributed by atoms with Crippen molar-refractivity contribution in [2.75, 3.05) is 26.0 Å². The van der Waals surface area contributed by atoms with Gasteiger partial charge in [0.25, 0.3) is 0 Å². The number of nitrogens with one attached hydrogen (secondary N) is 2. The lowest BCUT2D eigenvalue weighted by molar-refractivity contribution is -0.499. The first-order valence-electron chi connectivity index (χ1n) is 10.1. The van der Waals surface area contributed by atoms with E-state index in [1.807, 2.05) is 10.6 Å². The van der Waals surface area contributed by atoms with Crippen molar-refractivity contribution in [2.24, 2.45) is 0 Å². The average molecular weight is 401 g/mol. The molecule has 0 spiro atoms. The van der Waals surface area contributed by atoms with Crippen LogP contribution in [0.4, 0.5) is 5.95 Å². The molecule has 0 radical (unpaired) electrons. The highest BCUT2D eigenvalue weighted by Gasteiger charge is 2.19. The minimum Gasteiger partial charge on any atom is -0.493 e. The fourth-order valence-electron chi connectivity index (χ4n) is 3.95. The van der Waals surface area contributed by atoms with Gasteiger partial charge in [-0.3, -0.25) is 0 Å². The summed E-state index contributed by atoms with van der Waals surface area (Å²) in [6, 6.07) is 14.9. The molecule has 0 unspecified atom stereocenters. The largest absolute Gasteiger partial charge is 0.493 e. The van der Waals surface area contributed by atoms with Crippen LogP contribution in [0.5, 0.6) is 5.75 Å². The molecule has 0 bridgehead atoms. The van der Waals surface area contributed by atoms with Gasteiger partial charge >= 0.3 is 5.95 Å². The molecule has 2 N–H and O–H groups in total. The number of fused-ring (bicyclic) bond motifs is 2. The molecule has 0 amide bonds. The molecule has 0 fully saturated rings. The molecule has 30 heavy (non-hydrogen) atoms. The molecule has 1 aliphatic rings. The smallest absolute Gasteiger partial charge is 0.325 e. The van der Waals surface area contributed by atoms with Gasteiger partial charge in [-0.05, 0) is 35.9 Å². The van der Waals surface area contributed by atoms with Gasteiger partial charge in [0.1, 0.15) is 5.75 Å². The van der Waals surface area contributed by atoms with Gasteiger partial charge in [0.15, 0.2) is 0 Å². The number of aromatic amines is 1. The summed E-state index contributed by atoms with van der Waals surface area (Å²) in [5.41, 5.74) is 6.72. The molecule has 1 aliphatic heterocycles. The Labute approximate surface area is 175 Å². The predicted molar refractivity (Wildman–Crippen MR) is 115 cm³/mol. The average Bonchev–Trinajstić information content (AvgIpc) is 3.42. The maximum atomic E-state index is 5.81. The lowest BCUT2D eigenvalue weighted by Crippen LogP contribution is -2.27. The molecule has 2 aromatic carbocycles. The molecular formula is C23H25N6O+. The number of hydrogen-bond acceptors (Lipinski definition) is 5. The zero-order valence-corrected chi connectivity index (χ0v) is 17.2. The highest BCUT2D eigenvalue weighted by atomic mass is 16.5. The Morgan fingerprint density at radius 2 is 2.03 bits per heavy atom. The highest BCUT2D eigenvalue weighted by molar-refractivity contribution is 5.74. The van der Waals surface area contributed by atoms with Crippen molar-refractivity contribution in [3.05, 3.63) is 71.7 Å². The highest BCUT2D eigenvalue weighted by Crippen LogP contribution is 2.30. The molecule has 152 valence electrons. The van der Waals surface area contributed by atoms with E-state index < -0.39 is 0 Å². The van der Waals surface area contributed by atoms with Gasteiger partial charge in [0.05, 0.1) is 24.9 Å². The second-order valence-electron chi connectivity index (χ2n) is 7.86. The summed E-state index contributed by atoms with van der Waals surface area (Å²) in [6.45, 7) is 2.32. The van der Waals surface area contributed by atoms with E-state index in [1.165, 1.54) is 11.1 Å². The van der Waals surface area contributed by atoms with Gasteiger partial charge < -0.3 is 15.0 Å². The maximum absolute atomic E-state index is 5.81. The summed E-state index contributed by atoms with van der Waals surface area (Å²) in [5.74, 6) is 1.75. The Hall–Kier alpha value is -3.45. The number of aromatic nitrogens is 4. The summed E-state index contributed by atoms with van der Waals surface area (Å²) >= 11 is 0. The fourth-order valence-corrected chi connectivity index (χ4v) is 3.95. The zero-order valence-electron chi connectivity index (χ0n) is 17.2. The van der Waals surface area contributed by atoms with Gasteiger partial charge in [0, 0.05) is 18.5 Å². The third-order valence-electron chi connectivity index (χ3n) is 5.38. The van der Waals surface area contributed by atoms with E-state index in [-0.39, 0.29) is 0 Å². The van der Waals surface area contributed by atoms with Crippen LogP contribution in [-0.2, 0) is 19.5 Å². The van der Waals surface area contributed by atoms with Gasteiger partial charge in [0.2, 0.25) is 12.0 Å². The van der Waals surface area contributed by atoms with E-state index in [1.54, 1.807) is 6.33 Å². The van der Waals surface area contributed by atoms with Crippen molar-refractivity contribution < 1.29 is 9.14 Å².